The molecule has 1 heterocycles. The molecule has 4 nitrogen and oxygen atoms in total. The van der Waals surface area contributed by atoms with Crippen molar-refractivity contribution in [3.63, 3.8) is 0 Å². The molecule has 4 rings (SSSR count). The van der Waals surface area contributed by atoms with Crippen LogP contribution < -0.4 is 4.74 Å². The highest BCUT2D eigenvalue weighted by atomic mass is 32.1. The molecule has 0 saturated heterocycles. The number of hydrogen-bond donors (Lipinski definition) is 1. The molecular weight excluding hydrogens is 394 g/mol. The molecule has 30 heavy (non-hydrogen) atoms. The van der Waals surface area contributed by atoms with E-state index in [1.54, 1.807) is 35.6 Å². The molecule has 0 aliphatic carbocycles. The van der Waals surface area contributed by atoms with Crippen LogP contribution in [0.25, 0.3) is 20.5 Å². The predicted molar refractivity (Wildman–Crippen MR) is 123 cm³/mol. The van der Waals surface area contributed by atoms with Gasteiger partial charge in [0.25, 0.3) is 0 Å². The van der Waals surface area contributed by atoms with Crippen molar-refractivity contribution in [2.75, 3.05) is 27.2 Å². The van der Waals surface area contributed by atoms with Crippen molar-refractivity contribution in [2.45, 2.75) is 0 Å². The lowest BCUT2D eigenvalue weighted by Gasteiger charge is -2.11. The summed E-state index contributed by atoms with van der Waals surface area (Å²) in [7, 11) is 4.03. The number of phenolic OH excluding ortho intramolecular Hbond substituents is 1. The van der Waals surface area contributed by atoms with Gasteiger partial charge in [0.1, 0.15) is 18.1 Å². The van der Waals surface area contributed by atoms with Crippen molar-refractivity contribution in [3.05, 3.63) is 83.9 Å². The van der Waals surface area contributed by atoms with Gasteiger partial charge in [0.2, 0.25) is 0 Å². The molecule has 0 saturated carbocycles. The molecule has 5 heteroatoms. The summed E-state index contributed by atoms with van der Waals surface area (Å²) in [4.78, 5) is 16.4. The van der Waals surface area contributed by atoms with Crippen LogP contribution >= 0.6 is 11.3 Å². The van der Waals surface area contributed by atoms with Crippen molar-refractivity contribution in [2.24, 2.45) is 0 Å². The molecule has 0 aliphatic heterocycles. The molecule has 1 N–H and O–H groups in total. The van der Waals surface area contributed by atoms with Gasteiger partial charge in [-0.2, -0.15) is 0 Å². The van der Waals surface area contributed by atoms with Crippen LogP contribution in [0.4, 0.5) is 0 Å². The van der Waals surface area contributed by atoms with E-state index >= 15 is 0 Å². The minimum atomic E-state index is -0.0474. The zero-order chi connectivity index (χ0) is 21.1. The Labute approximate surface area is 180 Å². The fourth-order valence-electron chi connectivity index (χ4n) is 3.28. The molecule has 4 aromatic rings. The average Bonchev–Trinajstić information content (AvgIpc) is 3.13. The van der Waals surface area contributed by atoms with E-state index in [-0.39, 0.29) is 11.5 Å². The summed E-state index contributed by atoms with van der Waals surface area (Å²) in [5.41, 5.74) is 2.24. The number of thiophene rings is 1. The lowest BCUT2D eigenvalue weighted by molar-refractivity contribution is 0.104. The van der Waals surface area contributed by atoms with Crippen molar-refractivity contribution in [1.29, 1.82) is 0 Å². The van der Waals surface area contributed by atoms with E-state index in [9.17, 15) is 9.90 Å². The molecule has 0 radical (unpaired) electrons. The third-order valence-electron chi connectivity index (χ3n) is 4.88. The van der Waals surface area contributed by atoms with Crippen molar-refractivity contribution >= 4 is 27.2 Å². The summed E-state index contributed by atoms with van der Waals surface area (Å²) >= 11 is 1.61. The number of aromatic hydroxyl groups is 1. The van der Waals surface area contributed by atoms with E-state index in [0.29, 0.717) is 17.7 Å². The Hall–Kier alpha value is -3.15. The second-order valence-electron chi connectivity index (χ2n) is 7.35. The standard InChI is InChI=1S/C25H23NO3S/c1-26(2)15-16-29-20-13-9-18(10-14-20)25-23(21-5-3-4-6-22(21)30-25)24(28)17-7-11-19(27)12-8-17/h3-14,27H,15-16H2,1-2H3. The topological polar surface area (TPSA) is 49.8 Å². The zero-order valence-electron chi connectivity index (χ0n) is 17.0. The third kappa shape index (κ3) is 4.22. The summed E-state index contributed by atoms with van der Waals surface area (Å²) < 4.78 is 6.87. The maximum absolute atomic E-state index is 13.4. The maximum atomic E-state index is 13.4. The summed E-state index contributed by atoms with van der Waals surface area (Å²) in [5, 5.41) is 10.5. The molecule has 0 atom stereocenters. The highest BCUT2D eigenvalue weighted by Gasteiger charge is 2.21. The number of likely N-dealkylation sites (N-methyl/N-ethyl adjacent to an activating group) is 1. The normalized spacial score (nSPS) is 11.2. The number of rotatable bonds is 7. The first-order chi connectivity index (χ1) is 14.5. The molecule has 152 valence electrons. The van der Waals surface area contributed by atoms with Crippen LogP contribution in [-0.4, -0.2) is 43.0 Å². The smallest absolute Gasteiger partial charge is 0.195 e. The first-order valence-electron chi connectivity index (χ1n) is 9.76. The molecule has 0 aliphatic rings. The van der Waals surface area contributed by atoms with Gasteiger partial charge in [-0.05, 0) is 74.3 Å². The van der Waals surface area contributed by atoms with E-state index in [0.717, 1.165) is 32.8 Å². The van der Waals surface area contributed by atoms with Crippen LogP contribution in [0.1, 0.15) is 15.9 Å². The van der Waals surface area contributed by atoms with Crippen molar-refractivity contribution in [3.8, 4) is 21.9 Å². The zero-order valence-corrected chi connectivity index (χ0v) is 17.8. The van der Waals surface area contributed by atoms with E-state index in [1.807, 2.05) is 62.6 Å². The molecular formula is C25H23NO3S. The summed E-state index contributed by atoms with van der Waals surface area (Å²) in [6, 6.07) is 22.3. The predicted octanol–water partition coefficient (Wildman–Crippen LogP) is 5.45. The Bertz CT molecular complexity index is 1160. The van der Waals surface area contributed by atoms with E-state index in [2.05, 4.69) is 4.90 Å². The number of nitrogens with zero attached hydrogens (tertiary/aromatic N) is 1. The van der Waals surface area contributed by atoms with Gasteiger partial charge in [-0.1, -0.05) is 18.2 Å². The Morgan fingerprint density at radius 1 is 0.967 bits per heavy atom. The molecule has 0 amide bonds. The van der Waals surface area contributed by atoms with Gasteiger partial charge in [0.05, 0.1) is 0 Å². The van der Waals surface area contributed by atoms with Gasteiger partial charge < -0.3 is 14.7 Å². The maximum Gasteiger partial charge on any atom is 0.195 e. The van der Waals surface area contributed by atoms with E-state index < -0.39 is 0 Å². The first-order valence-corrected chi connectivity index (χ1v) is 10.6. The van der Waals surface area contributed by atoms with Crippen molar-refractivity contribution in [1.82, 2.24) is 4.90 Å². The van der Waals surface area contributed by atoms with Crippen LogP contribution in [0.5, 0.6) is 11.5 Å². The molecule has 3 aromatic carbocycles. The quantitative estimate of drug-likeness (QED) is 0.407. The third-order valence-corrected chi connectivity index (χ3v) is 6.10. The number of phenols is 1. The SMILES string of the molecule is CN(C)CCOc1ccc(-c2sc3ccccc3c2C(=O)c2ccc(O)cc2)cc1. The van der Waals surface area contributed by atoms with Crippen LogP contribution in [0.3, 0.4) is 0 Å². The Balaban J connectivity index is 1.71. The Morgan fingerprint density at radius 2 is 1.67 bits per heavy atom. The van der Waals surface area contributed by atoms with Gasteiger partial charge in [-0.3, -0.25) is 4.79 Å². The van der Waals surface area contributed by atoms with Gasteiger partial charge in [-0.15, -0.1) is 11.3 Å². The highest BCUT2D eigenvalue weighted by molar-refractivity contribution is 7.22. The van der Waals surface area contributed by atoms with Crippen LogP contribution in [-0.2, 0) is 0 Å². The summed E-state index contributed by atoms with van der Waals surface area (Å²) in [5.74, 6) is 0.911. The van der Waals surface area contributed by atoms with E-state index in [1.165, 1.54) is 0 Å². The highest BCUT2D eigenvalue weighted by Crippen LogP contribution is 2.40. The second kappa shape index (κ2) is 8.69. The van der Waals surface area contributed by atoms with Crippen LogP contribution in [0.15, 0.2) is 72.8 Å². The number of benzene rings is 3. The number of carbonyl (C=O) groups excluding carboxylic acids is 1. The first kappa shape index (κ1) is 20.1. The average molecular weight is 418 g/mol. The van der Waals surface area contributed by atoms with E-state index in [4.69, 9.17) is 4.74 Å². The fourth-order valence-corrected chi connectivity index (χ4v) is 4.49. The Morgan fingerprint density at radius 3 is 2.37 bits per heavy atom. The lowest BCUT2D eigenvalue weighted by Crippen LogP contribution is -2.19. The van der Waals surface area contributed by atoms with Crippen LogP contribution in [0, 0.1) is 0 Å². The summed E-state index contributed by atoms with van der Waals surface area (Å²) in [6.07, 6.45) is 0. The number of ether oxygens (including phenoxy) is 1. The minimum Gasteiger partial charge on any atom is -0.508 e. The number of hydrogen-bond acceptors (Lipinski definition) is 5. The number of fused-ring (bicyclic) bond motifs is 1. The van der Waals surface area contributed by atoms with Crippen LogP contribution in [0.2, 0.25) is 0 Å². The minimum absolute atomic E-state index is 0.0474. The van der Waals surface area contributed by atoms with Gasteiger partial charge in [0.15, 0.2) is 5.78 Å². The number of carbonyl (C=O) groups is 1. The van der Waals surface area contributed by atoms with Gasteiger partial charge in [0, 0.05) is 32.6 Å². The molecule has 0 fully saturated rings. The Kier molecular flexibility index (Phi) is 5.84. The summed E-state index contributed by atoms with van der Waals surface area (Å²) in [6.45, 7) is 1.48. The number of ketones is 1. The molecule has 0 spiro atoms. The lowest BCUT2D eigenvalue weighted by atomic mass is 9.97. The molecule has 1 aromatic heterocycles. The second-order valence-corrected chi connectivity index (χ2v) is 8.41. The monoisotopic (exact) mass is 417 g/mol. The van der Waals surface area contributed by atoms with Crippen molar-refractivity contribution < 1.29 is 14.6 Å². The molecule has 0 unspecified atom stereocenters. The van der Waals surface area contributed by atoms with Gasteiger partial charge >= 0.3 is 0 Å². The van der Waals surface area contributed by atoms with Gasteiger partial charge in [-0.25, -0.2) is 0 Å². The molecule has 0 bridgehead atoms. The largest absolute Gasteiger partial charge is 0.508 e. The fraction of sp³-hybridized carbons (Fsp3) is 0.160.